The van der Waals surface area contributed by atoms with Crippen LogP contribution in [-0.2, 0) is 0 Å². The van der Waals surface area contributed by atoms with Crippen LogP contribution in [0.5, 0.6) is 0 Å². The van der Waals surface area contributed by atoms with Gasteiger partial charge in [0.25, 0.3) is 0 Å². The Balaban J connectivity index is 2.54. The van der Waals surface area contributed by atoms with E-state index in [2.05, 4.69) is 16.9 Å². The molecular weight excluding hydrogens is 124 g/mol. The van der Waals surface area contributed by atoms with Crippen LogP contribution >= 0.6 is 0 Å². The van der Waals surface area contributed by atoms with Crippen molar-refractivity contribution in [2.45, 2.75) is 20.3 Å². The topological polar surface area (TPSA) is 24.7 Å². The normalized spacial score (nSPS) is 27.0. The quantitative estimate of drug-likeness (QED) is 0.485. The largest absolute Gasteiger partial charge is 0.291 e. The fourth-order valence-electron chi connectivity index (χ4n) is 0.924. The predicted molar refractivity (Wildman–Crippen MR) is 45.1 cm³/mol. The number of hydrogen-bond acceptors (Lipinski definition) is 2. The minimum atomic E-state index is 0.701. The molecule has 0 aromatic heterocycles. The van der Waals surface area contributed by atoms with Crippen molar-refractivity contribution in [3.63, 3.8) is 0 Å². The standard InChI is InChI=1S/C8H14N2/c1-7-3-4-9-6-8(2)10-5-7/h6-7H,3-5H2,1-2H3. The van der Waals surface area contributed by atoms with E-state index in [1.165, 1.54) is 6.42 Å². The van der Waals surface area contributed by atoms with E-state index in [4.69, 9.17) is 0 Å². The third-order valence-corrected chi connectivity index (χ3v) is 1.68. The molecule has 0 spiro atoms. The maximum atomic E-state index is 4.33. The summed E-state index contributed by atoms with van der Waals surface area (Å²) in [5.41, 5.74) is 1.06. The molecule has 0 aromatic rings. The van der Waals surface area contributed by atoms with Gasteiger partial charge in [-0.25, -0.2) is 0 Å². The Morgan fingerprint density at radius 1 is 1.60 bits per heavy atom. The molecule has 1 unspecified atom stereocenters. The average molecular weight is 138 g/mol. The molecule has 0 fully saturated rings. The zero-order valence-electron chi connectivity index (χ0n) is 6.67. The van der Waals surface area contributed by atoms with Gasteiger partial charge < -0.3 is 0 Å². The molecule has 0 N–H and O–H groups in total. The first kappa shape index (κ1) is 7.45. The molecule has 0 saturated heterocycles. The van der Waals surface area contributed by atoms with Crippen LogP contribution in [0, 0.1) is 5.92 Å². The van der Waals surface area contributed by atoms with Crippen LogP contribution in [0.15, 0.2) is 9.98 Å². The smallest absolute Gasteiger partial charge is 0.0495 e. The second kappa shape index (κ2) is 3.49. The van der Waals surface area contributed by atoms with Crippen molar-refractivity contribution in [3.05, 3.63) is 0 Å². The highest BCUT2D eigenvalue weighted by Crippen LogP contribution is 2.03. The second-order valence-corrected chi connectivity index (χ2v) is 2.91. The molecule has 0 aromatic carbocycles. The molecular formula is C8H14N2. The van der Waals surface area contributed by atoms with Gasteiger partial charge in [-0.05, 0) is 19.3 Å². The van der Waals surface area contributed by atoms with E-state index in [9.17, 15) is 0 Å². The predicted octanol–water partition coefficient (Wildman–Crippen LogP) is 1.56. The lowest BCUT2D eigenvalue weighted by molar-refractivity contribution is 0.553. The van der Waals surface area contributed by atoms with E-state index >= 15 is 0 Å². The van der Waals surface area contributed by atoms with E-state index in [1.807, 2.05) is 13.1 Å². The van der Waals surface area contributed by atoms with Crippen molar-refractivity contribution in [2.75, 3.05) is 13.1 Å². The van der Waals surface area contributed by atoms with Crippen LogP contribution in [0.3, 0.4) is 0 Å². The zero-order chi connectivity index (χ0) is 7.40. The Morgan fingerprint density at radius 3 is 3.20 bits per heavy atom. The number of aliphatic imine (C=N–C) groups is 2. The fraction of sp³-hybridized carbons (Fsp3) is 0.750. The molecule has 0 aliphatic carbocycles. The van der Waals surface area contributed by atoms with Crippen LogP contribution in [-0.4, -0.2) is 25.0 Å². The summed E-state index contributed by atoms with van der Waals surface area (Å²) in [6, 6.07) is 0. The minimum absolute atomic E-state index is 0.701. The molecule has 0 saturated carbocycles. The second-order valence-electron chi connectivity index (χ2n) is 2.91. The molecule has 1 aliphatic heterocycles. The summed E-state index contributed by atoms with van der Waals surface area (Å²) in [7, 11) is 0. The van der Waals surface area contributed by atoms with Crippen LogP contribution in [0.2, 0.25) is 0 Å². The number of rotatable bonds is 0. The van der Waals surface area contributed by atoms with E-state index in [0.717, 1.165) is 18.8 Å². The minimum Gasteiger partial charge on any atom is -0.291 e. The first-order valence-corrected chi connectivity index (χ1v) is 3.80. The van der Waals surface area contributed by atoms with Crippen molar-refractivity contribution in [2.24, 2.45) is 15.9 Å². The lowest BCUT2D eigenvalue weighted by Gasteiger charge is -2.08. The van der Waals surface area contributed by atoms with Gasteiger partial charge in [0.2, 0.25) is 0 Å². The van der Waals surface area contributed by atoms with E-state index < -0.39 is 0 Å². The Bertz CT molecular complexity index is 159. The first-order chi connectivity index (χ1) is 4.79. The van der Waals surface area contributed by atoms with E-state index in [-0.39, 0.29) is 0 Å². The maximum absolute atomic E-state index is 4.33. The van der Waals surface area contributed by atoms with E-state index in [0.29, 0.717) is 5.92 Å². The third kappa shape index (κ3) is 2.29. The first-order valence-electron chi connectivity index (χ1n) is 3.80. The average Bonchev–Trinajstić information content (AvgIpc) is 1.90. The molecule has 1 aliphatic rings. The molecule has 1 heterocycles. The highest BCUT2D eigenvalue weighted by atomic mass is 14.8. The highest BCUT2D eigenvalue weighted by Gasteiger charge is 2.01. The van der Waals surface area contributed by atoms with Crippen molar-refractivity contribution in [3.8, 4) is 0 Å². The van der Waals surface area contributed by atoms with Crippen LogP contribution in [0.25, 0.3) is 0 Å². The summed E-state index contributed by atoms with van der Waals surface area (Å²) < 4.78 is 0. The van der Waals surface area contributed by atoms with Gasteiger partial charge in [0, 0.05) is 25.0 Å². The SMILES string of the molecule is CC1=NCC(C)CCN=C1. The van der Waals surface area contributed by atoms with Gasteiger partial charge in [0.05, 0.1) is 0 Å². The maximum Gasteiger partial charge on any atom is 0.0495 e. The summed E-state index contributed by atoms with van der Waals surface area (Å²) >= 11 is 0. The van der Waals surface area contributed by atoms with Crippen LogP contribution in [0.4, 0.5) is 0 Å². The van der Waals surface area contributed by atoms with Gasteiger partial charge in [-0.1, -0.05) is 6.92 Å². The van der Waals surface area contributed by atoms with Crippen molar-refractivity contribution < 1.29 is 0 Å². The van der Waals surface area contributed by atoms with Crippen molar-refractivity contribution >= 4 is 11.9 Å². The number of nitrogens with zero attached hydrogens (tertiary/aromatic N) is 2. The van der Waals surface area contributed by atoms with Gasteiger partial charge >= 0.3 is 0 Å². The monoisotopic (exact) mass is 138 g/mol. The molecule has 1 rings (SSSR count). The molecule has 10 heavy (non-hydrogen) atoms. The molecule has 1 atom stereocenters. The summed E-state index contributed by atoms with van der Waals surface area (Å²) in [5.74, 6) is 0.701. The van der Waals surface area contributed by atoms with Gasteiger partial charge in [0.1, 0.15) is 0 Å². The summed E-state index contributed by atoms with van der Waals surface area (Å²) in [6.45, 7) is 6.16. The summed E-state index contributed by atoms with van der Waals surface area (Å²) in [5, 5.41) is 0. The van der Waals surface area contributed by atoms with Gasteiger partial charge in [0.15, 0.2) is 0 Å². The van der Waals surface area contributed by atoms with Crippen molar-refractivity contribution in [1.82, 2.24) is 0 Å². The lowest BCUT2D eigenvalue weighted by Crippen LogP contribution is -2.08. The lowest BCUT2D eigenvalue weighted by atomic mass is 10.1. The van der Waals surface area contributed by atoms with Crippen LogP contribution in [0.1, 0.15) is 20.3 Å². The molecule has 0 bridgehead atoms. The van der Waals surface area contributed by atoms with Gasteiger partial charge in [-0.3, -0.25) is 9.98 Å². The zero-order valence-corrected chi connectivity index (χ0v) is 6.67. The molecule has 2 nitrogen and oxygen atoms in total. The Kier molecular flexibility index (Phi) is 2.60. The molecule has 2 heteroatoms. The Morgan fingerprint density at radius 2 is 2.40 bits per heavy atom. The Hall–Kier alpha value is -0.660. The molecule has 56 valence electrons. The summed E-state index contributed by atoms with van der Waals surface area (Å²) in [4.78, 5) is 8.54. The van der Waals surface area contributed by atoms with Crippen LogP contribution < -0.4 is 0 Å². The van der Waals surface area contributed by atoms with E-state index in [1.54, 1.807) is 0 Å². The molecule has 0 radical (unpaired) electrons. The molecule has 0 amide bonds. The Labute approximate surface area is 62.1 Å². The van der Waals surface area contributed by atoms with Gasteiger partial charge in [-0.2, -0.15) is 0 Å². The highest BCUT2D eigenvalue weighted by molar-refractivity contribution is 6.29. The number of hydrogen-bond donors (Lipinski definition) is 0. The van der Waals surface area contributed by atoms with Crippen molar-refractivity contribution in [1.29, 1.82) is 0 Å². The van der Waals surface area contributed by atoms with Gasteiger partial charge in [-0.15, -0.1) is 0 Å². The fourth-order valence-corrected chi connectivity index (χ4v) is 0.924. The third-order valence-electron chi connectivity index (χ3n) is 1.68. The summed E-state index contributed by atoms with van der Waals surface area (Å²) in [6.07, 6.45) is 3.04.